The third kappa shape index (κ3) is 5.31. The number of hydrogen-bond donors (Lipinski definition) is 2. The van der Waals surface area contributed by atoms with Crippen LogP contribution in [0.1, 0.15) is 32.8 Å². The molecule has 6 nitrogen and oxygen atoms in total. The number of amides is 2. The van der Waals surface area contributed by atoms with Crippen LogP contribution in [0.2, 0.25) is 0 Å². The van der Waals surface area contributed by atoms with Gasteiger partial charge in [-0.25, -0.2) is 9.18 Å². The maximum atomic E-state index is 13.6. The third-order valence-corrected chi connectivity index (χ3v) is 3.75. The molecule has 0 radical (unpaired) electrons. The van der Waals surface area contributed by atoms with E-state index < -0.39 is 47.3 Å². The SMILES string of the molecule is CC(C)(C)OC(=O)N1C[C@@H](O)C[C@H]1C(=O)Nc1ccc(C(F)(F)F)c(F)c1. The number of β-amino-alcohol motifs (C(OH)–C–C–N with tert-alkyl or cyclic N) is 1. The molecule has 0 unspecified atom stereocenters. The fraction of sp³-hybridized carbons (Fsp3) is 0.529. The van der Waals surface area contributed by atoms with Crippen LogP contribution in [0.5, 0.6) is 0 Å². The third-order valence-electron chi connectivity index (χ3n) is 3.75. The van der Waals surface area contributed by atoms with Crippen LogP contribution < -0.4 is 5.32 Å². The van der Waals surface area contributed by atoms with E-state index in [2.05, 4.69) is 5.32 Å². The summed E-state index contributed by atoms with van der Waals surface area (Å²) in [6.07, 6.45) is -6.69. The van der Waals surface area contributed by atoms with E-state index in [9.17, 15) is 32.3 Å². The van der Waals surface area contributed by atoms with Gasteiger partial charge in [-0.3, -0.25) is 9.69 Å². The second-order valence-corrected chi connectivity index (χ2v) is 7.22. The molecular weight excluding hydrogens is 372 g/mol. The Labute approximate surface area is 153 Å². The summed E-state index contributed by atoms with van der Waals surface area (Å²) in [5.74, 6) is -2.30. The molecule has 1 saturated heterocycles. The molecule has 0 bridgehead atoms. The lowest BCUT2D eigenvalue weighted by molar-refractivity contribution is -0.140. The summed E-state index contributed by atoms with van der Waals surface area (Å²) in [6.45, 7) is 4.78. The fourth-order valence-electron chi connectivity index (χ4n) is 2.63. The summed E-state index contributed by atoms with van der Waals surface area (Å²) < 4.78 is 56.6. The number of nitrogens with one attached hydrogen (secondary N) is 1. The molecule has 0 aliphatic carbocycles. The van der Waals surface area contributed by atoms with Crippen LogP contribution in [0, 0.1) is 5.82 Å². The number of benzene rings is 1. The van der Waals surface area contributed by atoms with Gasteiger partial charge in [-0.2, -0.15) is 13.2 Å². The van der Waals surface area contributed by atoms with Gasteiger partial charge < -0.3 is 15.2 Å². The zero-order chi connectivity index (χ0) is 20.6. The van der Waals surface area contributed by atoms with Gasteiger partial charge in [0, 0.05) is 12.1 Å². The molecule has 1 heterocycles. The van der Waals surface area contributed by atoms with Gasteiger partial charge in [0.25, 0.3) is 0 Å². The number of alkyl halides is 3. The number of aliphatic hydroxyl groups excluding tert-OH is 1. The van der Waals surface area contributed by atoms with Crippen LogP contribution in [-0.2, 0) is 15.7 Å². The first-order chi connectivity index (χ1) is 12.3. The van der Waals surface area contributed by atoms with Gasteiger partial charge in [0.15, 0.2) is 0 Å². The number of nitrogens with zero attached hydrogens (tertiary/aromatic N) is 1. The molecule has 2 rings (SSSR count). The second kappa shape index (κ2) is 7.34. The Morgan fingerprint density at radius 2 is 1.89 bits per heavy atom. The number of carbonyl (C=O) groups excluding carboxylic acids is 2. The van der Waals surface area contributed by atoms with Gasteiger partial charge >= 0.3 is 12.3 Å². The molecule has 0 aromatic heterocycles. The topological polar surface area (TPSA) is 78.9 Å². The van der Waals surface area contributed by atoms with Crippen molar-refractivity contribution in [2.45, 2.75) is 51.1 Å². The van der Waals surface area contributed by atoms with Crippen molar-refractivity contribution < 1.29 is 37.0 Å². The van der Waals surface area contributed by atoms with E-state index in [0.717, 1.165) is 11.0 Å². The molecule has 150 valence electrons. The number of carbonyl (C=O) groups is 2. The predicted molar refractivity (Wildman–Crippen MR) is 87.4 cm³/mol. The number of anilines is 1. The van der Waals surface area contributed by atoms with E-state index in [1.807, 2.05) is 0 Å². The highest BCUT2D eigenvalue weighted by atomic mass is 19.4. The standard InChI is InChI=1S/C17H20F4N2O4/c1-16(2,3)27-15(26)23-8-10(24)7-13(23)14(25)22-9-4-5-11(12(18)6-9)17(19,20)21/h4-6,10,13,24H,7-8H2,1-3H3,(H,22,25)/t10-,13-/m0/s1. The molecule has 2 N–H and O–H groups in total. The molecular formula is C17H20F4N2O4. The molecule has 1 aromatic rings. The van der Waals surface area contributed by atoms with Gasteiger partial charge in [-0.15, -0.1) is 0 Å². The minimum Gasteiger partial charge on any atom is -0.444 e. The number of likely N-dealkylation sites (tertiary alicyclic amines) is 1. The maximum absolute atomic E-state index is 13.6. The van der Waals surface area contributed by atoms with E-state index >= 15 is 0 Å². The average Bonchev–Trinajstić information content (AvgIpc) is 2.86. The highest BCUT2D eigenvalue weighted by Crippen LogP contribution is 2.32. The van der Waals surface area contributed by atoms with Crippen LogP contribution in [-0.4, -0.2) is 46.3 Å². The van der Waals surface area contributed by atoms with Crippen LogP contribution in [0.3, 0.4) is 0 Å². The molecule has 1 aliphatic rings. The first kappa shape index (κ1) is 20.9. The molecule has 0 spiro atoms. The van der Waals surface area contributed by atoms with Crippen LogP contribution >= 0.6 is 0 Å². The molecule has 1 aromatic carbocycles. The van der Waals surface area contributed by atoms with Gasteiger partial charge in [0.2, 0.25) is 5.91 Å². The van der Waals surface area contributed by atoms with Crippen LogP contribution in [0.4, 0.5) is 28.0 Å². The molecule has 2 atom stereocenters. The maximum Gasteiger partial charge on any atom is 0.419 e. The fourth-order valence-corrected chi connectivity index (χ4v) is 2.63. The van der Waals surface area contributed by atoms with Crippen molar-refractivity contribution in [3.8, 4) is 0 Å². The first-order valence-corrected chi connectivity index (χ1v) is 8.13. The van der Waals surface area contributed by atoms with Gasteiger partial charge in [0.1, 0.15) is 17.5 Å². The highest BCUT2D eigenvalue weighted by molar-refractivity contribution is 5.97. The summed E-state index contributed by atoms with van der Waals surface area (Å²) in [5.41, 5.74) is -2.47. The van der Waals surface area contributed by atoms with E-state index in [0.29, 0.717) is 12.1 Å². The van der Waals surface area contributed by atoms with E-state index in [1.54, 1.807) is 20.8 Å². The average molecular weight is 392 g/mol. The lowest BCUT2D eigenvalue weighted by atomic mass is 10.1. The summed E-state index contributed by atoms with van der Waals surface area (Å²) in [5, 5.41) is 12.1. The van der Waals surface area contributed by atoms with Gasteiger partial charge in [-0.05, 0) is 39.0 Å². The smallest absolute Gasteiger partial charge is 0.419 e. The van der Waals surface area contributed by atoms with Crippen LogP contribution in [0.25, 0.3) is 0 Å². The Bertz CT molecular complexity index is 731. The van der Waals surface area contributed by atoms with E-state index in [4.69, 9.17) is 4.74 Å². The Kier molecular flexibility index (Phi) is 5.69. The van der Waals surface area contributed by atoms with Crippen molar-refractivity contribution in [2.24, 2.45) is 0 Å². The number of hydrogen-bond acceptors (Lipinski definition) is 4. The van der Waals surface area contributed by atoms with Crippen molar-refractivity contribution in [3.05, 3.63) is 29.6 Å². The van der Waals surface area contributed by atoms with Crippen LogP contribution in [0.15, 0.2) is 18.2 Å². The Balaban J connectivity index is 2.14. The zero-order valence-electron chi connectivity index (χ0n) is 14.9. The lowest BCUT2D eigenvalue weighted by Crippen LogP contribution is -2.45. The van der Waals surface area contributed by atoms with Gasteiger partial charge in [0.05, 0.1) is 18.2 Å². The molecule has 1 fully saturated rings. The molecule has 2 amide bonds. The number of aliphatic hydroxyl groups is 1. The Hall–Kier alpha value is -2.36. The van der Waals surface area contributed by atoms with Gasteiger partial charge in [-0.1, -0.05) is 0 Å². The molecule has 0 saturated carbocycles. The van der Waals surface area contributed by atoms with E-state index in [1.165, 1.54) is 0 Å². The first-order valence-electron chi connectivity index (χ1n) is 8.13. The lowest BCUT2D eigenvalue weighted by Gasteiger charge is -2.27. The molecule has 27 heavy (non-hydrogen) atoms. The number of ether oxygens (including phenoxy) is 1. The highest BCUT2D eigenvalue weighted by Gasteiger charge is 2.41. The number of halogens is 4. The normalized spacial score (nSPS) is 20.5. The van der Waals surface area contributed by atoms with Crippen molar-refractivity contribution in [1.29, 1.82) is 0 Å². The van der Waals surface area contributed by atoms with Crippen molar-refractivity contribution >= 4 is 17.7 Å². The monoisotopic (exact) mass is 392 g/mol. The largest absolute Gasteiger partial charge is 0.444 e. The Morgan fingerprint density at radius 1 is 1.26 bits per heavy atom. The quantitative estimate of drug-likeness (QED) is 0.758. The predicted octanol–water partition coefficient (Wildman–Crippen LogP) is 3.15. The van der Waals surface area contributed by atoms with Crippen molar-refractivity contribution in [1.82, 2.24) is 4.90 Å². The van der Waals surface area contributed by atoms with E-state index in [-0.39, 0.29) is 18.7 Å². The van der Waals surface area contributed by atoms with Crippen molar-refractivity contribution in [2.75, 3.05) is 11.9 Å². The number of rotatable bonds is 2. The second-order valence-electron chi connectivity index (χ2n) is 7.22. The zero-order valence-corrected chi connectivity index (χ0v) is 14.9. The summed E-state index contributed by atoms with van der Waals surface area (Å²) >= 11 is 0. The summed E-state index contributed by atoms with van der Waals surface area (Å²) in [6, 6.07) is 0.872. The minimum absolute atomic E-state index is 0.0752. The summed E-state index contributed by atoms with van der Waals surface area (Å²) in [4.78, 5) is 25.7. The molecule has 1 aliphatic heterocycles. The Morgan fingerprint density at radius 3 is 2.41 bits per heavy atom. The van der Waals surface area contributed by atoms with Crippen molar-refractivity contribution in [3.63, 3.8) is 0 Å². The molecule has 10 heteroatoms. The minimum atomic E-state index is -4.85. The summed E-state index contributed by atoms with van der Waals surface area (Å²) in [7, 11) is 0.